The minimum absolute atomic E-state index is 0.0267. The number of carbonyl (C=O) groups is 1. The number of nitrogens with zero attached hydrogens (tertiary/aromatic N) is 3. The number of hydrogen-bond donors (Lipinski definition) is 1. The molecule has 3 heterocycles. The zero-order valence-electron chi connectivity index (χ0n) is 16.9. The van der Waals surface area contributed by atoms with Crippen molar-refractivity contribution in [1.29, 1.82) is 0 Å². The molecular formula is C21H24N4OS3. The third-order valence-corrected chi connectivity index (χ3v) is 8.81. The van der Waals surface area contributed by atoms with Gasteiger partial charge >= 0.3 is 0 Å². The van der Waals surface area contributed by atoms with Gasteiger partial charge in [-0.05, 0) is 57.4 Å². The highest BCUT2D eigenvalue weighted by Gasteiger charge is 2.30. The summed E-state index contributed by atoms with van der Waals surface area (Å²) >= 11 is 4.92. The van der Waals surface area contributed by atoms with Crippen molar-refractivity contribution in [2.75, 3.05) is 11.1 Å². The number of aromatic nitrogens is 3. The molecule has 1 atom stereocenters. The lowest BCUT2D eigenvalue weighted by Crippen LogP contribution is -2.14. The maximum Gasteiger partial charge on any atom is 0.236 e. The van der Waals surface area contributed by atoms with Crippen LogP contribution in [-0.4, -0.2) is 26.6 Å². The summed E-state index contributed by atoms with van der Waals surface area (Å²) in [6.45, 7) is 6.32. The molecule has 5 rings (SSSR count). The Morgan fingerprint density at radius 3 is 2.72 bits per heavy atom. The van der Waals surface area contributed by atoms with Crippen molar-refractivity contribution < 1.29 is 4.79 Å². The van der Waals surface area contributed by atoms with Crippen LogP contribution in [0.3, 0.4) is 0 Å². The molecule has 0 aromatic carbocycles. The van der Waals surface area contributed by atoms with Crippen LogP contribution in [-0.2, 0) is 17.6 Å². The Labute approximate surface area is 182 Å². The number of thioether (sulfide) groups is 1. The third kappa shape index (κ3) is 3.94. The van der Waals surface area contributed by atoms with Crippen molar-refractivity contribution in [2.45, 2.75) is 63.8 Å². The van der Waals surface area contributed by atoms with E-state index in [1.807, 2.05) is 25.2 Å². The molecule has 29 heavy (non-hydrogen) atoms. The zero-order chi connectivity index (χ0) is 20.1. The van der Waals surface area contributed by atoms with E-state index in [9.17, 15) is 4.79 Å². The highest BCUT2D eigenvalue weighted by atomic mass is 32.2. The molecule has 3 aromatic heterocycles. The smallest absolute Gasteiger partial charge is 0.236 e. The van der Waals surface area contributed by atoms with Gasteiger partial charge in [-0.1, -0.05) is 18.7 Å². The predicted molar refractivity (Wildman–Crippen MR) is 122 cm³/mol. The fraction of sp³-hybridized carbons (Fsp3) is 0.524. The van der Waals surface area contributed by atoms with Crippen molar-refractivity contribution in [2.24, 2.45) is 5.92 Å². The molecule has 0 bridgehead atoms. The van der Waals surface area contributed by atoms with Gasteiger partial charge in [-0.2, -0.15) is 0 Å². The maximum atomic E-state index is 12.5. The van der Waals surface area contributed by atoms with Gasteiger partial charge in [0.05, 0.1) is 11.4 Å². The molecule has 3 aromatic rings. The van der Waals surface area contributed by atoms with E-state index < -0.39 is 0 Å². The molecule has 8 heteroatoms. The van der Waals surface area contributed by atoms with Gasteiger partial charge in [0.25, 0.3) is 0 Å². The van der Waals surface area contributed by atoms with Gasteiger partial charge in [0.15, 0.2) is 5.13 Å². The Morgan fingerprint density at radius 2 is 2.00 bits per heavy atom. The summed E-state index contributed by atoms with van der Waals surface area (Å²) in [6.07, 6.45) is 5.82. The number of rotatable bonds is 5. The van der Waals surface area contributed by atoms with Crippen LogP contribution in [0.5, 0.6) is 0 Å². The predicted octanol–water partition coefficient (Wildman–Crippen LogP) is 5.50. The first-order chi connectivity index (χ1) is 14.0. The van der Waals surface area contributed by atoms with Crippen LogP contribution in [0, 0.1) is 19.8 Å². The Bertz CT molecular complexity index is 1080. The van der Waals surface area contributed by atoms with Gasteiger partial charge in [-0.15, -0.1) is 22.7 Å². The summed E-state index contributed by atoms with van der Waals surface area (Å²) in [5, 5.41) is 5.82. The lowest BCUT2D eigenvalue weighted by molar-refractivity contribution is -0.113. The minimum atomic E-state index is -0.0267. The molecule has 1 saturated carbocycles. The first kappa shape index (κ1) is 19.5. The van der Waals surface area contributed by atoms with Crippen LogP contribution in [0.1, 0.15) is 58.9 Å². The van der Waals surface area contributed by atoms with Gasteiger partial charge < -0.3 is 5.32 Å². The van der Waals surface area contributed by atoms with Gasteiger partial charge in [0.1, 0.15) is 15.7 Å². The topological polar surface area (TPSA) is 67.8 Å². The first-order valence-electron chi connectivity index (χ1n) is 10.2. The summed E-state index contributed by atoms with van der Waals surface area (Å²) in [5.41, 5.74) is 2.41. The van der Waals surface area contributed by atoms with E-state index in [-0.39, 0.29) is 5.91 Å². The van der Waals surface area contributed by atoms with Crippen molar-refractivity contribution in [3.05, 3.63) is 26.8 Å². The minimum Gasteiger partial charge on any atom is -0.301 e. The fourth-order valence-electron chi connectivity index (χ4n) is 3.77. The van der Waals surface area contributed by atoms with Gasteiger partial charge in [-0.3, -0.25) is 4.79 Å². The van der Waals surface area contributed by atoms with Crippen LogP contribution < -0.4 is 5.32 Å². The monoisotopic (exact) mass is 444 g/mol. The highest BCUT2D eigenvalue weighted by Crippen LogP contribution is 2.44. The molecular weight excluding hydrogens is 420 g/mol. The first-order valence-corrected chi connectivity index (χ1v) is 12.8. The molecule has 0 spiro atoms. The second-order valence-corrected chi connectivity index (χ2v) is 11.4. The lowest BCUT2D eigenvalue weighted by atomic mass is 9.89. The maximum absolute atomic E-state index is 12.5. The van der Waals surface area contributed by atoms with Gasteiger partial charge in [0, 0.05) is 21.1 Å². The van der Waals surface area contributed by atoms with Crippen LogP contribution in [0.4, 0.5) is 5.13 Å². The number of hydrogen-bond acceptors (Lipinski definition) is 7. The highest BCUT2D eigenvalue weighted by molar-refractivity contribution is 8.00. The third-order valence-electron chi connectivity index (χ3n) is 5.70. The number of aryl methyl sites for hydroxylation is 3. The molecule has 5 nitrogen and oxygen atoms in total. The number of fused-ring (bicyclic) bond motifs is 3. The Balaban J connectivity index is 1.41. The average molecular weight is 445 g/mol. The number of nitrogens with one attached hydrogen (secondary N) is 1. The fourth-order valence-corrected chi connectivity index (χ4v) is 6.92. The van der Waals surface area contributed by atoms with Gasteiger partial charge in [-0.25, -0.2) is 15.0 Å². The summed E-state index contributed by atoms with van der Waals surface area (Å²) in [7, 11) is 0. The molecule has 0 unspecified atom stereocenters. The van der Waals surface area contributed by atoms with Crippen molar-refractivity contribution in [3.63, 3.8) is 0 Å². The van der Waals surface area contributed by atoms with E-state index in [2.05, 4.69) is 17.2 Å². The molecule has 0 saturated heterocycles. The van der Waals surface area contributed by atoms with E-state index in [4.69, 9.17) is 9.97 Å². The average Bonchev–Trinajstić information content (AvgIpc) is 3.39. The standard InChI is InChI=1S/C21H24N4OS3/c1-10-4-7-14-15(8-10)29-20-17(14)19(24-18(25-20)13-5-6-13)27-9-16(26)23-21-22-11(2)12(3)28-21/h10,13H,4-9H2,1-3H3,(H,22,23,26)/t10-/m0/s1. The Kier molecular flexibility index (Phi) is 5.12. The summed E-state index contributed by atoms with van der Waals surface area (Å²) in [6, 6.07) is 0. The van der Waals surface area contributed by atoms with E-state index in [0.29, 0.717) is 16.8 Å². The van der Waals surface area contributed by atoms with Gasteiger partial charge in [0.2, 0.25) is 5.91 Å². The van der Waals surface area contributed by atoms with Crippen molar-refractivity contribution >= 4 is 55.7 Å². The SMILES string of the molecule is Cc1nc(NC(=O)CSc2nc(C3CC3)nc3sc4c(c23)CC[C@H](C)C4)sc1C. The molecule has 1 amide bonds. The normalized spacial score (nSPS) is 18.8. The largest absolute Gasteiger partial charge is 0.301 e. The van der Waals surface area contributed by atoms with E-state index in [1.54, 1.807) is 11.8 Å². The van der Waals surface area contributed by atoms with Crippen molar-refractivity contribution in [3.8, 4) is 0 Å². The number of amides is 1. The molecule has 1 N–H and O–H groups in total. The Hall–Kier alpha value is -1.51. The molecule has 2 aliphatic rings. The summed E-state index contributed by atoms with van der Waals surface area (Å²) in [4.78, 5) is 30.5. The van der Waals surface area contributed by atoms with Crippen LogP contribution in [0.25, 0.3) is 10.2 Å². The quantitative estimate of drug-likeness (QED) is 0.416. The van der Waals surface area contributed by atoms with E-state index in [1.165, 1.54) is 46.4 Å². The second kappa shape index (κ2) is 7.63. The van der Waals surface area contributed by atoms with Crippen LogP contribution >= 0.6 is 34.4 Å². The number of anilines is 1. The van der Waals surface area contributed by atoms with E-state index in [0.717, 1.165) is 45.0 Å². The number of carbonyl (C=O) groups excluding carboxylic acids is 1. The second-order valence-electron chi connectivity index (χ2n) is 8.19. The number of thiophene rings is 1. The Morgan fingerprint density at radius 1 is 1.17 bits per heavy atom. The zero-order valence-corrected chi connectivity index (χ0v) is 19.3. The van der Waals surface area contributed by atoms with Crippen LogP contribution in [0.15, 0.2) is 5.03 Å². The molecule has 2 aliphatic carbocycles. The molecule has 0 radical (unpaired) electrons. The van der Waals surface area contributed by atoms with Crippen LogP contribution in [0.2, 0.25) is 0 Å². The molecule has 152 valence electrons. The molecule has 1 fully saturated rings. The summed E-state index contributed by atoms with van der Waals surface area (Å²) in [5.74, 6) is 2.53. The lowest BCUT2D eigenvalue weighted by Gasteiger charge is -2.18. The van der Waals surface area contributed by atoms with E-state index >= 15 is 0 Å². The van der Waals surface area contributed by atoms with Crippen molar-refractivity contribution in [1.82, 2.24) is 15.0 Å². The summed E-state index contributed by atoms with van der Waals surface area (Å²) < 4.78 is 0. The number of thiazole rings is 1. The molecule has 0 aliphatic heterocycles.